The molecule has 1 amide bonds. The minimum atomic E-state index is -0.794. The van der Waals surface area contributed by atoms with Gasteiger partial charge >= 0.3 is 5.97 Å². The second-order valence-electron chi connectivity index (χ2n) is 5.71. The fraction of sp³-hybridized carbons (Fsp3) is 0.300. The van der Waals surface area contributed by atoms with Crippen LogP contribution in [0.4, 0.5) is 5.69 Å². The highest BCUT2D eigenvalue weighted by atomic mass is 35.5. The van der Waals surface area contributed by atoms with Gasteiger partial charge in [-0.1, -0.05) is 24.6 Å². The molecule has 0 saturated heterocycles. The summed E-state index contributed by atoms with van der Waals surface area (Å²) in [5, 5.41) is 3.20. The van der Waals surface area contributed by atoms with E-state index in [9.17, 15) is 9.59 Å². The number of methoxy groups -OCH3 is 3. The Morgan fingerprint density at radius 2 is 1.75 bits per heavy atom. The van der Waals surface area contributed by atoms with Crippen LogP contribution in [0.25, 0.3) is 0 Å². The van der Waals surface area contributed by atoms with Crippen molar-refractivity contribution in [2.75, 3.05) is 26.6 Å². The van der Waals surface area contributed by atoms with Crippen LogP contribution in [0.1, 0.15) is 23.7 Å². The van der Waals surface area contributed by atoms with Gasteiger partial charge in [0.05, 0.1) is 32.6 Å². The van der Waals surface area contributed by atoms with Gasteiger partial charge in [-0.3, -0.25) is 4.79 Å². The molecule has 7 nitrogen and oxygen atoms in total. The Morgan fingerprint density at radius 3 is 2.32 bits per heavy atom. The van der Waals surface area contributed by atoms with E-state index in [0.717, 1.165) is 0 Å². The summed E-state index contributed by atoms with van der Waals surface area (Å²) in [7, 11) is 4.16. The van der Waals surface area contributed by atoms with Crippen molar-refractivity contribution in [3.63, 3.8) is 0 Å². The van der Waals surface area contributed by atoms with Crippen molar-refractivity contribution in [3.8, 4) is 17.2 Å². The number of ether oxygens (including phenoxy) is 4. The van der Waals surface area contributed by atoms with Gasteiger partial charge in [0.15, 0.2) is 17.6 Å². The second-order valence-corrected chi connectivity index (χ2v) is 6.14. The summed E-state index contributed by atoms with van der Waals surface area (Å²) < 4.78 is 21.0. The van der Waals surface area contributed by atoms with E-state index in [0.29, 0.717) is 28.7 Å². The summed E-state index contributed by atoms with van der Waals surface area (Å²) in [4.78, 5) is 24.9. The number of rotatable bonds is 8. The lowest BCUT2D eigenvalue weighted by Crippen LogP contribution is -2.33. The van der Waals surface area contributed by atoms with Crippen LogP contribution < -0.4 is 19.5 Å². The number of anilines is 1. The molecule has 0 aliphatic heterocycles. The Labute approximate surface area is 168 Å². The number of nitrogens with one attached hydrogen (secondary N) is 1. The maximum absolute atomic E-state index is 12.8. The Bertz CT molecular complexity index is 855. The van der Waals surface area contributed by atoms with Crippen LogP contribution >= 0.6 is 11.6 Å². The van der Waals surface area contributed by atoms with Crippen LogP contribution in [0.5, 0.6) is 17.2 Å². The Balaban J connectivity index is 2.30. The molecule has 1 N–H and O–H groups in total. The van der Waals surface area contributed by atoms with Gasteiger partial charge in [-0.15, -0.1) is 0 Å². The zero-order chi connectivity index (χ0) is 20.7. The van der Waals surface area contributed by atoms with Gasteiger partial charge < -0.3 is 24.3 Å². The number of hydrogen-bond acceptors (Lipinski definition) is 6. The Kier molecular flexibility index (Phi) is 7.52. The number of esters is 1. The van der Waals surface area contributed by atoms with Gasteiger partial charge in [0.25, 0.3) is 5.91 Å². The summed E-state index contributed by atoms with van der Waals surface area (Å²) in [5.74, 6) is 0.104. The Morgan fingerprint density at radius 1 is 1.07 bits per heavy atom. The molecule has 2 aromatic carbocycles. The van der Waals surface area contributed by atoms with E-state index in [2.05, 4.69) is 5.32 Å². The smallest absolute Gasteiger partial charge is 0.340 e. The number of amides is 1. The van der Waals surface area contributed by atoms with E-state index >= 15 is 0 Å². The summed E-state index contributed by atoms with van der Waals surface area (Å²) >= 11 is 5.96. The first-order valence-corrected chi connectivity index (χ1v) is 8.88. The minimum Gasteiger partial charge on any atom is -0.493 e. The molecule has 2 rings (SSSR count). The SMILES string of the molecule is CC[C@@H](Oc1cccc(Cl)c1)C(=O)Nc1cc(OC)c(OC)cc1C(=O)OC. The molecule has 0 saturated carbocycles. The van der Waals surface area contributed by atoms with E-state index in [-0.39, 0.29) is 11.3 Å². The van der Waals surface area contributed by atoms with E-state index in [1.807, 2.05) is 6.92 Å². The first kappa shape index (κ1) is 21.4. The predicted octanol–water partition coefficient (Wildman–Crippen LogP) is 3.94. The van der Waals surface area contributed by atoms with Crippen molar-refractivity contribution in [2.24, 2.45) is 0 Å². The highest BCUT2D eigenvalue weighted by Gasteiger charge is 2.23. The van der Waals surface area contributed by atoms with Crippen molar-refractivity contribution in [1.29, 1.82) is 0 Å². The molecule has 1 atom stereocenters. The van der Waals surface area contributed by atoms with Gasteiger partial charge in [0.1, 0.15) is 5.75 Å². The van der Waals surface area contributed by atoms with Gasteiger partial charge in [0.2, 0.25) is 0 Å². The number of hydrogen-bond donors (Lipinski definition) is 1. The first-order chi connectivity index (χ1) is 13.4. The maximum Gasteiger partial charge on any atom is 0.340 e. The zero-order valence-corrected chi connectivity index (χ0v) is 16.8. The largest absolute Gasteiger partial charge is 0.493 e. The van der Waals surface area contributed by atoms with Crippen LogP contribution in [0, 0.1) is 0 Å². The van der Waals surface area contributed by atoms with Gasteiger partial charge in [-0.2, -0.15) is 0 Å². The summed E-state index contributed by atoms with van der Waals surface area (Å²) in [6.07, 6.45) is -0.392. The highest BCUT2D eigenvalue weighted by molar-refractivity contribution is 6.30. The average molecular weight is 408 g/mol. The molecule has 0 radical (unpaired) electrons. The molecule has 8 heteroatoms. The summed E-state index contributed by atoms with van der Waals surface area (Å²) in [6.45, 7) is 1.81. The molecule has 0 spiro atoms. The quantitative estimate of drug-likeness (QED) is 0.667. The van der Waals surface area contributed by atoms with E-state index < -0.39 is 18.0 Å². The third kappa shape index (κ3) is 5.07. The van der Waals surface area contributed by atoms with E-state index in [4.69, 9.17) is 30.5 Å². The summed E-state index contributed by atoms with van der Waals surface area (Å²) in [5.41, 5.74) is 0.355. The van der Waals surface area contributed by atoms with Crippen LogP contribution in [0.3, 0.4) is 0 Å². The molecular formula is C20H22ClNO6. The molecule has 28 heavy (non-hydrogen) atoms. The molecule has 150 valence electrons. The Hall–Kier alpha value is -2.93. The maximum atomic E-state index is 12.8. The number of carbonyl (C=O) groups excluding carboxylic acids is 2. The van der Waals surface area contributed by atoms with Crippen molar-refractivity contribution < 1.29 is 28.5 Å². The third-order valence-corrected chi connectivity index (χ3v) is 4.16. The minimum absolute atomic E-state index is 0.131. The average Bonchev–Trinajstić information content (AvgIpc) is 2.70. The molecule has 0 aromatic heterocycles. The fourth-order valence-corrected chi connectivity index (χ4v) is 2.68. The molecule has 0 aliphatic carbocycles. The van der Waals surface area contributed by atoms with Crippen molar-refractivity contribution in [1.82, 2.24) is 0 Å². The standard InChI is InChI=1S/C20H22ClNO6/c1-5-16(28-13-8-6-7-12(21)9-13)19(23)22-15-11-18(26-3)17(25-2)10-14(15)20(24)27-4/h6-11,16H,5H2,1-4H3,(H,22,23)/t16-/m1/s1. The monoisotopic (exact) mass is 407 g/mol. The van der Waals surface area contributed by atoms with Crippen LogP contribution in [0.15, 0.2) is 36.4 Å². The lowest BCUT2D eigenvalue weighted by Gasteiger charge is -2.19. The second kappa shape index (κ2) is 9.85. The number of benzene rings is 2. The molecule has 0 unspecified atom stereocenters. The lowest BCUT2D eigenvalue weighted by atomic mass is 10.1. The number of carbonyl (C=O) groups is 2. The first-order valence-electron chi connectivity index (χ1n) is 8.50. The summed E-state index contributed by atoms with van der Waals surface area (Å²) in [6, 6.07) is 9.70. The lowest BCUT2D eigenvalue weighted by molar-refractivity contribution is -0.122. The van der Waals surface area contributed by atoms with E-state index in [1.54, 1.807) is 24.3 Å². The van der Waals surface area contributed by atoms with Crippen molar-refractivity contribution in [3.05, 3.63) is 47.0 Å². The van der Waals surface area contributed by atoms with Crippen LogP contribution in [-0.4, -0.2) is 39.3 Å². The van der Waals surface area contributed by atoms with Crippen molar-refractivity contribution >= 4 is 29.2 Å². The van der Waals surface area contributed by atoms with Crippen LogP contribution in [0.2, 0.25) is 5.02 Å². The molecule has 2 aromatic rings. The highest BCUT2D eigenvalue weighted by Crippen LogP contribution is 2.34. The van der Waals surface area contributed by atoms with Crippen LogP contribution in [-0.2, 0) is 9.53 Å². The molecule has 0 aliphatic rings. The predicted molar refractivity (Wildman–Crippen MR) is 106 cm³/mol. The molecule has 0 heterocycles. The molecular weight excluding hydrogens is 386 g/mol. The normalized spacial score (nSPS) is 11.3. The number of halogens is 1. The fourth-order valence-electron chi connectivity index (χ4n) is 2.50. The zero-order valence-electron chi connectivity index (χ0n) is 16.1. The topological polar surface area (TPSA) is 83.1 Å². The molecule has 0 bridgehead atoms. The van der Waals surface area contributed by atoms with Gasteiger partial charge in [-0.05, 0) is 24.6 Å². The van der Waals surface area contributed by atoms with Gasteiger partial charge in [-0.25, -0.2) is 4.79 Å². The van der Waals surface area contributed by atoms with Crippen molar-refractivity contribution in [2.45, 2.75) is 19.4 Å². The van der Waals surface area contributed by atoms with E-state index in [1.165, 1.54) is 33.5 Å². The third-order valence-electron chi connectivity index (χ3n) is 3.92. The molecule has 0 fully saturated rings. The van der Waals surface area contributed by atoms with Gasteiger partial charge in [0, 0.05) is 17.2 Å².